The quantitative estimate of drug-likeness (QED) is 0.879. The van der Waals surface area contributed by atoms with Crippen molar-refractivity contribution in [3.8, 4) is 0 Å². The highest BCUT2D eigenvalue weighted by Gasteiger charge is 2.32. The summed E-state index contributed by atoms with van der Waals surface area (Å²) in [5.41, 5.74) is 4.28. The van der Waals surface area contributed by atoms with Gasteiger partial charge in [-0.1, -0.05) is 30.3 Å². The molecule has 0 spiro atoms. The van der Waals surface area contributed by atoms with Crippen LogP contribution in [0.25, 0.3) is 0 Å². The minimum absolute atomic E-state index is 0.0887. The molecule has 2 aliphatic heterocycles. The molecule has 1 aromatic carbocycles. The Morgan fingerprint density at radius 2 is 2.15 bits per heavy atom. The Hall–Kier alpha value is -2.83. The Bertz CT molecular complexity index is 817. The van der Waals surface area contributed by atoms with Gasteiger partial charge in [-0.3, -0.25) is 9.89 Å². The normalized spacial score (nSPS) is 19.6. The van der Waals surface area contributed by atoms with Crippen molar-refractivity contribution in [2.24, 2.45) is 0 Å². The Labute approximate surface area is 152 Å². The summed E-state index contributed by atoms with van der Waals surface area (Å²) in [6.45, 7) is 4.34. The molecule has 0 aliphatic carbocycles. The first kappa shape index (κ1) is 16.6. The second-order valence-electron chi connectivity index (χ2n) is 7.06. The van der Waals surface area contributed by atoms with Crippen LogP contribution in [0.3, 0.4) is 0 Å². The van der Waals surface area contributed by atoms with E-state index in [1.807, 2.05) is 42.2 Å². The molecular weight excluding hydrogens is 330 g/mol. The number of hydrogen-bond acceptors (Lipinski definition) is 3. The summed E-state index contributed by atoms with van der Waals surface area (Å²) in [4.78, 5) is 28.5. The molecule has 7 nitrogen and oxygen atoms in total. The number of nitrogens with one attached hydrogen (secondary N) is 2. The molecule has 1 saturated heterocycles. The molecule has 0 unspecified atom stereocenters. The maximum absolute atomic E-state index is 12.6. The van der Waals surface area contributed by atoms with Gasteiger partial charge in [0.2, 0.25) is 5.91 Å². The number of rotatable bonds is 3. The fourth-order valence-corrected chi connectivity index (χ4v) is 3.69. The summed E-state index contributed by atoms with van der Waals surface area (Å²) in [5.74, 6) is 0.0887. The first-order chi connectivity index (χ1) is 12.6. The fourth-order valence-electron chi connectivity index (χ4n) is 3.69. The van der Waals surface area contributed by atoms with Crippen molar-refractivity contribution in [3.05, 3.63) is 52.8 Å². The third-order valence-electron chi connectivity index (χ3n) is 5.17. The predicted molar refractivity (Wildman–Crippen MR) is 96.2 cm³/mol. The van der Waals surface area contributed by atoms with Crippen LogP contribution in [0, 0.1) is 6.92 Å². The van der Waals surface area contributed by atoms with Crippen LogP contribution in [0.4, 0.5) is 4.79 Å². The minimum atomic E-state index is -0.134. The van der Waals surface area contributed by atoms with E-state index >= 15 is 0 Å². The third-order valence-corrected chi connectivity index (χ3v) is 5.17. The van der Waals surface area contributed by atoms with Gasteiger partial charge in [0, 0.05) is 43.7 Å². The first-order valence-corrected chi connectivity index (χ1v) is 9.00. The van der Waals surface area contributed by atoms with Gasteiger partial charge < -0.3 is 15.1 Å². The summed E-state index contributed by atoms with van der Waals surface area (Å²) in [6.07, 6.45) is 1.12. The van der Waals surface area contributed by atoms with Crippen molar-refractivity contribution < 1.29 is 9.59 Å². The van der Waals surface area contributed by atoms with E-state index in [1.165, 1.54) is 0 Å². The van der Waals surface area contributed by atoms with Gasteiger partial charge in [0.05, 0.1) is 18.3 Å². The van der Waals surface area contributed by atoms with Gasteiger partial charge in [-0.15, -0.1) is 0 Å². The van der Waals surface area contributed by atoms with Crippen molar-refractivity contribution in [2.75, 3.05) is 13.1 Å². The topological polar surface area (TPSA) is 81.3 Å². The van der Waals surface area contributed by atoms with Crippen LogP contribution in [0.15, 0.2) is 30.3 Å². The molecule has 0 radical (unpaired) electrons. The lowest BCUT2D eigenvalue weighted by Gasteiger charge is -2.28. The van der Waals surface area contributed by atoms with Crippen molar-refractivity contribution in [1.82, 2.24) is 25.3 Å². The van der Waals surface area contributed by atoms with Gasteiger partial charge in [0.15, 0.2) is 0 Å². The van der Waals surface area contributed by atoms with Crippen LogP contribution in [0.5, 0.6) is 0 Å². The number of carbonyl (C=O) groups excluding carboxylic acids is 2. The van der Waals surface area contributed by atoms with Crippen LogP contribution in [-0.2, 0) is 24.3 Å². The average Bonchev–Trinajstić information content (AvgIpc) is 3.18. The smallest absolute Gasteiger partial charge is 0.318 e. The molecule has 4 rings (SSSR count). The lowest BCUT2D eigenvalue weighted by molar-refractivity contribution is -0.128. The maximum atomic E-state index is 12.6. The summed E-state index contributed by atoms with van der Waals surface area (Å²) < 4.78 is 0. The average molecular weight is 353 g/mol. The van der Waals surface area contributed by atoms with E-state index in [-0.39, 0.29) is 18.0 Å². The highest BCUT2D eigenvalue weighted by molar-refractivity contribution is 5.81. The van der Waals surface area contributed by atoms with Gasteiger partial charge in [-0.2, -0.15) is 5.10 Å². The molecule has 3 amide bonds. The van der Waals surface area contributed by atoms with Crippen LogP contribution < -0.4 is 5.32 Å². The number of H-pyrrole nitrogens is 1. The van der Waals surface area contributed by atoms with E-state index in [4.69, 9.17) is 0 Å². The lowest BCUT2D eigenvalue weighted by Crippen LogP contribution is -2.47. The van der Waals surface area contributed by atoms with Crippen LogP contribution in [-0.4, -0.2) is 51.1 Å². The lowest BCUT2D eigenvalue weighted by atomic mass is 10.1. The molecule has 2 aromatic rings. The number of aromatic amines is 1. The van der Waals surface area contributed by atoms with E-state index in [0.717, 1.165) is 28.9 Å². The standard InChI is InChI=1S/C19H23N5O2/c1-13-16-12-23(8-7-17(16)22-21-13)19(26)20-15-9-18(25)24(11-15)10-14-5-3-2-4-6-14/h2-6,15H,7-12H2,1H3,(H,20,26)(H,21,22)/t15-/m0/s1. The number of carbonyl (C=O) groups is 2. The van der Waals surface area contributed by atoms with Crippen molar-refractivity contribution in [3.63, 3.8) is 0 Å². The largest absolute Gasteiger partial charge is 0.336 e. The Kier molecular flexibility index (Phi) is 4.36. The number of likely N-dealkylation sites (tertiary alicyclic amines) is 1. The number of urea groups is 1. The highest BCUT2D eigenvalue weighted by atomic mass is 16.2. The Balaban J connectivity index is 1.34. The number of aryl methyl sites for hydroxylation is 1. The van der Waals surface area contributed by atoms with E-state index in [1.54, 1.807) is 4.90 Å². The molecular formula is C19H23N5O2. The molecule has 2 aliphatic rings. The summed E-state index contributed by atoms with van der Waals surface area (Å²) >= 11 is 0. The minimum Gasteiger partial charge on any atom is -0.336 e. The van der Waals surface area contributed by atoms with Gasteiger partial charge in [0.1, 0.15) is 0 Å². The number of nitrogens with zero attached hydrogens (tertiary/aromatic N) is 3. The molecule has 26 heavy (non-hydrogen) atoms. The van der Waals surface area contributed by atoms with Gasteiger partial charge in [-0.25, -0.2) is 4.79 Å². The van der Waals surface area contributed by atoms with Crippen molar-refractivity contribution >= 4 is 11.9 Å². The van der Waals surface area contributed by atoms with E-state index in [9.17, 15) is 9.59 Å². The van der Waals surface area contributed by atoms with Crippen LogP contribution in [0.1, 0.15) is 28.9 Å². The Morgan fingerprint density at radius 3 is 2.96 bits per heavy atom. The fraction of sp³-hybridized carbons (Fsp3) is 0.421. The monoisotopic (exact) mass is 353 g/mol. The van der Waals surface area contributed by atoms with E-state index in [0.29, 0.717) is 32.6 Å². The summed E-state index contributed by atoms with van der Waals surface area (Å²) in [5, 5.41) is 10.3. The second-order valence-corrected chi connectivity index (χ2v) is 7.06. The predicted octanol–water partition coefficient (Wildman–Crippen LogP) is 1.59. The number of benzene rings is 1. The summed E-state index contributed by atoms with van der Waals surface area (Å²) in [7, 11) is 0. The summed E-state index contributed by atoms with van der Waals surface area (Å²) in [6, 6.07) is 9.69. The molecule has 136 valence electrons. The van der Waals surface area contributed by atoms with Crippen molar-refractivity contribution in [2.45, 2.75) is 38.9 Å². The molecule has 3 heterocycles. The van der Waals surface area contributed by atoms with E-state index in [2.05, 4.69) is 15.5 Å². The zero-order chi connectivity index (χ0) is 18.1. The highest BCUT2D eigenvalue weighted by Crippen LogP contribution is 2.20. The zero-order valence-corrected chi connectivity index (χ0v) is 14.9. The number of amides is 3. The molecule has 1 aromatic heterocycles. The molecule has 1 atom stereocenters. The second kappa shape index (κ2) is 6.82. The van der Waals surface area contributed by atoms with Gasteiger partial charge >= 0.3 is 6.03 Å². The van der Waals surface area contributed by atoms with Crippen LogP contribution in [0.2, 0.25) is 0 Å². The van der Waals surface area contributed by atoms with Gasteiger partial charge in [-0.05, 0) is 12.5 Å². The van der Waals surface area contributed by atoms with Gasteiger partial charge in [0.25, 0.3) is 0 Å². The molecule has 2 N–H and O–H groups in total. The molecule has 0 bridgehead atoms. The zero-order valence-electron chi connectivity index (χ0n) is 14.9. The molecule has 1 fully saturated rings. The molecule has 7 heteroatoms. The van der Waals surface area contributed by atoms with Crippen molar-refractivity contribution in [1.29, 1.82) is 0 Å². The maximum Gasteiger partial charge on any atom is 0.318 e. The first-order valence-electron chi connectivity index (χ1n) is 9.00. The SMILES string of the molecule is Cc1[nH]nc2c1CN(C(=O)N[C@H]1CC(=O)N(Cc3ccccc3)C1)CC2. The number of aromatic nitrogens is 2. The Morgan fingerprint density at radius 1 is 1.35 bits per heavy atom. The van der Waals surface area contributed by atoms with Crippen LogP contribution >= 0.6 is 0 Å². The third kappa shape index (κ3) is 3.29. The van der Waals surface area contributed by atoms with E-state index < -0.39 is 0 Å². The number of hydrogen-bond donors (Lipinski definition) is 2. The number of fused-ring (bicyclic) bond motifs is 1. The molecule has 0 saturated carbocycles.